The lowest BCUT2D eigenvalue weighted by molar-refractivity contribution is 0.0735. The molecule has 0 bridgehead atoms. The zero-order valence-corrected chi connectivity index (χ0v) is 17.2. The number of ether oxygens (including phenoxy) is 1. The Hall–Kier alpha value is -2.02. The van der Waals surface area contributed by atoms with Gasteiger partial charge in [-0.05, 0) is 43.7 Å². The molecule has 0 aliphatic carbocycles. The maximum atomic E-state index is 13.7. The second-order valence-electron chi connectivity index (χ2n) is 6.90. The first-order chi connectivity index (χ1) is 13.4. The highest BCUT2D eigenvalue weighted by Crippen LogP contribution is 2.32. The Balaban J connectivity index is 1.92. The third-order valence-corrected chi connectivity index (χ3v) is 6.12. The van der Waals surface area contributed by atoms with Crippen LogP contribution in [0.25, 0.3) is 16.9 Å². The van der Waals surface area contributed by atoms with Gasteiger partial charge in [0.05, 0.1) is 34.8 Å². The van der Waals surface area contributed by atoms with E-state index in [0.29, 0.717) is 18.7 Å². The van der Waals surface area contributed by atoms with Gasteiger partial charge in [0.15, 0.2) is 0 Å². The van der Waals surface area contributed by atoms with Crippen molar-refractivity contribution in [2.75, 3.05) is 12.9 Å². The minimum Gasteiger partial charge on any atom is -0.378 e. The largest absolute Gasteiger partial charge is 0.378 e. The van der Waals surface area contributed by atoms with E-state index in [1.807, 2.05) is 35.9 Å². The summed E-state index contributed by atoms with van der Waals surface area (Å²) in [7, 11) is -1.08. The Bertz CT molecular complexity index is 1070. The van der Waals surface area contributed by atoms with Crippen LogP contribution in [0.1, 0.15) is 18.2 Å². The van der Waals surface area contributed by atoms with E-state index in [9.17, 15) is 8.60 Å². The number of nitrogens with zero attached hydrogens (tertiary/aromatic N) is 2. The zero-order chi connectivity index (χ0) is 19.8. The Kier molecular flexibility index (Phi) is 5.36. The first-order valence-corrected chi connectivity index (χ1v) is 11.0. The highest BCUT2D eigenvalue weighted by molar-refractivity contribution is 7.84. The van der Waals surface area contributed by atoms with Gasteiger partial charge in [-0.2, -0.15) is 5.10 Å². The summed E-state index contributed by atoms with van der Waals surface area (Å²) in [6.45, 7) is 2.64. The van der Waals surface area contributed by atoms with Gasteiger partial charge in [-0.1, -0.05) is 23.7 Å². The van der Waals surface area contributed by atoms with Crippen molar-refractivity contribution in [3.8, 4) is 16.9 Å². The van der Waals surface area contributed by atoms with Crippen molar-refractivity contribution in [3.63, 3.8) is 0 Å². The number of rotatable bonds is 3. The van der Waals surface area contributed by atoms with Crippen molar-refractivity contribution in [3.05, 3.63) is 64.6 Å². The summed E-state index contributed by atoms with van der Waals surface area (Å²) in [5.41, 5.74) is 4.58. The average Bonchev–Trinajstić information content (AvgIpc) is 2.90. The molecule has 0 fully saturated rings. The fourth-order valence-electron chi connectivity index (χ4n) is 3.54. The molecule has 2 aromatic carbocycles. The lowest BCUT2D eigenvalue weighted by atomic mass is 10.0. The Morgan fingerprint density at radius 2 is 2.11 bits per heavy atom. The molecule has 0 radical (unpaired) electrons. The summed E-state index contributed by atoms with van der Waals surface area (Å²) in [4.78, 5) is 0.754. The molecule has 1 aliphatic heterocycles. The van der Waals surface area contributed by atoms with Gasteiger partial charge >= 0.3 is 0 Å². The quantitative estimate of drug-likeness (QED) is 0.625. The van der Waals surface area contributed by atoms with E-state index in [4.69, 9.17) is 21.4 Å². The molecule has 4 rings (SSSR count). The van der Waals surface area contributed by atoms with E-state index in [1.165, 1.54) is 6.07 Å². The Morgan fingerprint density at radius 3 is 2.86 bits per heavy atom. The number of hydrogen-bond donors (Lipinski definition) is 0. The van der Waals surface area contributed by atoms with Gasteiger partial charge in [-0.25, -0.2) is 9.07 Å². The molecule has 2 heterocycles. The predicted molar refractivity (Wildman–Crippen MR) is 109 cm³/mol. The van der Waals surface area contributed by atoms with Crippen LogP contribution in [0.15, 0.2) is 47.4 Å². The third-order valence-electron chi connectivity index (χ3n) is 4.91. The van der Waals surface area contributed by atoms with Crippen LogP contribution >= 0.6 is 11.6 Å². The zero-order valence-electron chi connectivity index (χ0n) is 15.6. The Morgan fingerprint density at radius 1 is 1.29 bits per heavy atom. The molecule has 1 unspecified atom stereocenters. The fourth-order valence-corrected chi connectivity index (χ4v) is 4.27. The van der Waals surface area contributed by atoms with Crippen LogP contribution in [0.3, 0.4) is 0 Å². The number of aromatic nitrogens is 2. The van der Waals surface area contributed by atoms with Crippen LogP contribution in [0.4, 0.5) is 4.39 Å². The summed E-state index contributed by atoms with van der Waals surface area (Å²) in [5, 5.41) is 4.92. The fraction of sp³-hybridized carbons (Fsp3) is 0.286. The highest BCUT2D eigenvalue weighted by atomic mass is 35.5. The lowest BCUT2D eigenvalue weighted by Crippen LogP contribution is -2.13. The van der Waals surface area contributed by atoms with E-state index < -0.39 is 16.6 Å². The van der Waals surface area contributed by atoms with E-state index in [0.717, 1.165) is 33.8 Å². The summed E-state index contributed by atoms with van der Waals surface area (Å²) >= 11 is 6.01. The molecule has 146 valence electrons. The normalized spacial score (nSPS) is 17.8. The van der Waals surface area contributed by atoms with Crippen LogP contribution in [-0.2, 0) is 28.4 Å². The average molecular weight is 419 g/mol. The molecule has 0 amide bonds. The molecule has 0 saturated heterocycles. The topological polar surface area (TPSA) is 44.1 Å². The minimum absolute atomic E-state index is 0.0509. The van der Waals surface area contributed by atoms with E-state index in [1.54, 1.807) is 18.4 Å². The highest BCUT2D eigenvalue weighted by Gasteiger charge is 2.25. The van der Waals surface area contributed by atoms with Crippen molar-refractivity contribution in [2.45, 2.75) is 30.8 Å². The van der Waals surface area contributed by atoms with Crippen molar-refractivity contribution >= 4 is 22.4 Å². The maximum Gasteiger partial charge on any atom is 0.141 e. The first kappa shape index (κ1) is 19.3. The predicted octanol–water partition coefficient (Wildman–Crippen LogP) is 4.57. The van der Waals surface area contributed by atoms with Crippen LogP contribution in [0.2, 0.25) is 5.02 Å². The molecule has 0 spiro atoms. The van der Waals surface area contributed by atoms with Crippen LogP contribution in [0.5, 0.6) is 0 Å². The lowest BCUT2D eigenvalue weighted by Gasteiger charge is -2.11. The monoisotopic (exact) mass is 418 g/mol. The van der Waals surface area contributed by atoms with E-state index >= 15 is 0 Å². The van der Waals surface area contributed by atoms with Crippen molar-refractivity contribution < 1.29 is 13.3 Å². The third kappa shape index (κ3) is 3.64. The molecule has 3 aromatic rings. The second kappa shape index (κ2) is 7.78. The molecule has 0 saturated carbocycles. The van der Waals surface area contributed by atoms with Crippen LogP contribution < -0.4 is 0 Å². The Labute approximate surface area is 170 Å². The van der Waals surface area contributed by atoms with Gasteiger partial charge in [0, 0.05) is 39.5 Å². The summed E-state index contributed by atoms with van der Waals surface area (Å²) in [6.07, 6.45) is 3.13. The van der Waals surface area contributed by atoms with Crippen LogP contribution in [-0.4, -0.2) is 33.0 Å². The molecule has 4 nitrogen and oxygen atoms in total. The van der Waals surface area contributed by atoms with Gasteiger partial charge in [0.2, 0.25) is 0 Å². The molecule has 1 aromatic heterocycles. The standard InChI is InChI=1S/C21H20ClFN2O2S/c1-13-10-20-17(8-9-27-13)21(14-4-3-5-16(11-14)28(2)26)24-25(20)15-6-7-19(23)18(22)12-15/h3-7,11-13H,8-10H2,1-2H3/t13-,28?/m1/s1. The molecule has 0 N–H and O–H groups in total. The van der Waals surface area contributed by atoms with Crippen molar-refractivity contribution in [1.82, 2.24) is 9.78 Å². The summed E-state index contributed by atoms with van der Waals surface area (Å²) in [6, 6.07) is 12.2. The molecule has 1 aliphatic rings. The van der Waals surface area contributed by atoms with Gasteiger partial charge < -0.3 is 4.74 Å². The summed E-state index contributed by atoms with van der Waals surface area (Å²) < 4.78 is 33.3. The molecule has 28 heavy (non-hydrogen) atoms. The molecular weight excluding hydrogens is 399 g/mol. The van der Waals surface area contributed by atoms with Gasteiger partial charge in [0.1, 0.15) is 5.82 Å². The van der Waals surface area contributed by atoms with E-state index in [-0.39, 0.29) is 11.1 Å². The minimum atomic E-state index is -1.08. The SMILES string of the molecule is C[C@@H]1Cc2c(c(-c3cccc(S(C)=O)c3)nn2-c2ccc(F)c(Cl)c2)CCO1. The van der Waals surface area contributed by atoms with Crippen LogP contribution in [0, 0.1) is 5.82 Å². The number of halogens is 2. The summed E-state index contributed by atoms with van der Waals surface area (Å²) in [5.74, 6) is -0.460. The van der Waals surface area contributed by atoms with Gasteiger partial charge in [0.25, 0.3) is 0 Å². The smallest absolute Gasteiger partial charge is 0.141 e. The van der Waals surface area contributed by atoms with Crippen molar-refractivity contribution in [1.29, 1.82) is 0 Å². The maximum absolute atomic E-state index is 13.7. The number of hydrogen-bond acceptors (Lipinski definition) is 3. The number of benzene rings is 2. The molecular formula is C21H20ClFN2O2S. The van der Waals surface area contributed by atoms with Gasteiger partial charge in [-0.3, -0.25) is 4.21 Å². The molecule has 7 heteroatoms. The van der Waals surface area contributed by atoms with Crippen molar-refractivity contribution in [2.24, 2.45) is 0 Å². The number of fused-ring (bicyclic) bond motifs is 1. The first-order valence-electron chi connectivity index (χ1n) is 9.05. The van der Waals surface area contributed by atoms with Gasteiger partial charge in [-0.15, -0.1) is 0 Å². The van der Waals surface area contributed by atoms with E-state index in [2.05, 4.69) is 0 Å². The second-order valence-corrected chi connectivity index (χ2v) is 8.69. The molecule has 2 atom stereocenters.